The Morgan fingerprint density at radius 3 is 2.70 bits per heavy atom. The van der Waals surface area contributed by atoms with Crippen LogP contribution in [-0.2, 0) is 23.1 Å². The third-order valence-corrected chi connectivity index (χ3v) is 11.6. The van der Waals surface area contributed by atoms with Crippen molar-refractivity contribution in [2.24, 2.45) is 17.3 Å². The summed E-state index contributed by atoms with van der Waals surface area (Å²) in [4.78, 5) is 2.92. The largest absolute Gasteiger partial charge is 0.493 e. The molecule has 7 aliphatic rings. The van der Waals surface area contributed by atoms with Crippen LogP contribution in [0, 0.1) is 17.3 Å². The van der Waals surface area contributed by atoms with Gasteiger partial charge in [-0.2, -0.15) is 0 Å². The highest BCUT2D eigenvalue weighted by atomic mass is 16.6. The molecule has 0 unspecified atom stereocenters. The van der Waals surface area contributed by atoms with Crippen molar-refractivity contribution < 1.29 is 14.2 Å². The highest BCUT2D eigenvalue weighted by Gasteiger charge is 2.80. The number of likely N-dealkylation sites (tertiary alicyclic amines) is 1. The number of fused-ring (bicyclic) bond motifs is 2. The maximum atomic E-state index is 7.15. The van der Waals surface area contributed by atoms with Gasteiger partial charge in [0.1, 0.15) is 11.7 Å². The molecule has 5 heteroatoms. The SMILES string of the molecule is COc1ccc2c3c1O[C@H]1[C@@]4(OC)CC[C@@]5(C[C@H]4CNCc4ccccc4)[C@@H](C2)N(CC2CC2)CC[C@]315. The minimum Gasteiger partial charge on any atom is -0.493 e. The molecule has 0 radical (unpaired) electrons. The maximum absolute atomic E-state index is 7.15. The molecule has 5 fully saturated rings. The number of methoxy groups -OCH3 is 2. The van der Waals surface area contributed by atoms with Crippen LogP contribution in [0.5, 0.6) is 11.5 Å². The molecule has 5 nitrogen and oxygen atoms in total. The van der Waals surface area contributed by atoms with E-state index in [1.165, 1.54) is 61.9 Å². The molecule has 1 N–H and O–H groups in total. The van der Waals surface area contributed by atoms with Crippen molar-refractivity contribution in [1.82, 2.24) is 10.2 Å². The maximum Gasteiger partial charge on any atom is 0.165 e. The quantitative estimate of drug-likeness (QED) is 0.569. The first-order chi connectivity index (χ1) is 18.1. The van der Waals surface area contributed by atoms with Crippen molar-refractivity contribution in [3.63, 3.8) is 0 Å². The van der Waals surface area contributed by atoms with Crippen molar-refractivity contribution in [3.8, 4) is 11.5 Å². The minimum absolute atomic E-state index is 0.0410. The van der Waals surface area contributed by atoms with Crippen molar-refractivity contribution in [1.29, 1.82) is 0 Å². The lowest BCUT2D eigenvalue weighted by molar-refractivity contribution is -0.276. The number of nitrogens with one attached hydrogen (secondary N) is 1. The summed E-state index contributed by atoms with van der Waals surface area (Å²) in [5.41, 5.74) is 4.36. The minimum atomic E-state index is -0.271. The average Bonchev–Trinajstić information content (AvgIpc) is 3.68. The Hall–Kier alpha value is -2.08. The van der Waals surface area contributed by atoms with Crippen LogP contribution in [0.1, 0.15) is 55.2 Å². The molecule has 2 aromatic rings. The second kappa shape index (κ2) is 7.97. The predicted molar refractivity (Wildman–Crippen MR) is 143 cm³/mol. The van der Waals surface area contributed by atoms with Crippen LogP contribution in [0.4, 0.5) is 0 Å². The Morgan fingerprint density at radius 2 is 1.92 bits per heavy atom. The van der Waals surface area contributed by atoms with Gasteiger partial charge in [-0.1, -0.05) is 36.4 Å². The molecule has 4 saturated carbocycles. The van der Waals surface area contributed by atoms with E-state index in [4.69, 9.17) is 14.2 Å². The molecule has 2 aromatic carbocycles. The zero-order valence-electron chi connectivity index (χ0n) is 22.3. The van der Waals surface area contributed by atoms with Gasteiger partial charge in [0.2, 0.25) is 0 Å². The van der Waals surface area contributed by atoms with E-state index < -0.39 is 0 Å². The van der Waals surface area contributed by atoms with Gasteiger partial charge in [-0.25, -0.2) is 0 Å². The molecule has 4 bridgehead atoms. The number of hydrogen-bond donors (Lipinski definition) is 1. The Labute approximate surface area is 220 Å². The number of benzene rings is 2. The summed E-state index contributed by atoms with van der Waals surface area (Å²) >= 11 is 0. The molecule has 6 atom stereocenters. The van der Waals surface area contributed by atoms with E-state index in [1.54, 1.807) is 7.11 Å². The van der Waals surface area contributed by atoms with Gasteiger partial charge < -0.3 is 19.5 Å². The monoisotopic (exact) mass is 500 g/mol. The lowest BCUT2D eigenvalue weighted by Gasteiger charge is -2.74. The zero-order chi connectivity index (χ0) is 24.8. The first kappa shape index (κ1) is 22.9. The summed E-state index contributed by atoms with van der Waals surface area (Å²) in [6, 6.07) is 15.9. The van der Waals surface area contributed by atoms with E-state index in [0.29, 0.717) is 12.0 Å². The third-order valence-electron chi connectivity index (χ3n) is 11.6. The Bertz CT molecular complexity index is 1210. The first-order valence-electron chi connectivity index (χ1n) is 14.6. The molecule has 5 aliphatic carbocycles. The summed E-state index contributed by atoms with van der Waals surface area (Å²) in [6.07, 6.45) is 8.81. The predicted octanol–water partition coefficient (Wildman–Crippen LogP) is 4.71. The topological polar surface area (TPSA) is 43.0 Å². The number of rotatable bonds is 8. The average molecular weight is 501 g/mol. The lowest BCUT2D eigenvalue weighted by atomic mass is 9.35. The fraction of sp³-hybridized carbons (Fsp3) is 0.625. The highest BCUT2D eigenvalue weighted by molar-refractivity contribution is 5.63. The molecule has 37 heavy (non-hydrogen) atoms. The molecule has 2 heterocycles. The first-order valence-corrected chi connectivity index (χ1v) is 14.6. The smallest absolute Gasteiger partial charge is 0.165 e. The van der Waals surface area contributed by atoms with E-state index >= 15 is 0 Å². The fourth-order valence-electron chi connectivity index (χ4n) is 9.93. The van der Waals surface area contributed by atoms with Crippen LogP contribution in [0.25, 0.3) is 0 Å². The lowest BCUT2D eigenvalue weighted by Crippen LogP contribution is -2.81. The molecule has 1 saturated heterocycles. The molecule has 2 aliphatic heterocycles. The molecule has 2 spiro atoms. The van der Waals surface area contributed by atoms with Gasteiger partial charge in [-0.15, -0.1) is 0 Å². The van der Waals surface area contributed by atoms with Crippen LogP contribution in [0.3, 0.4) is 0 Å². The van der Waals surface area contributed by atoms with Crippen LogP contribution in [-0.4, -0.2) is 56.5 Å². The van der Waals surface area contributed by atoms with Gasteiger partial charge in [0.05, 0.1) is 7.11 Å². The number of piperidine rings is 1. The van der Waals surface area contributed by atoms with Crippen molar-refractivity contribution >= 4 is 0 Å². The Balaban J connectivity index is 1.22. The number of hydrogen-bond acceptors (Lipinski definition) is 5. The fourth-order valence-corrected chi connectivity index (χ4v) is 9.93. The summed E-state index contributed by atoms with van der Waals surface area (Å²) in [5, 5.41) is 3.84. The second-order valence-corrected chi connectivity index (χ2v) is 12.8. The zero-order valence-corrected chi connectivity index (χ0v) is 22.3. The third kappa shape index (κ3) is 2.86. The summed E-state index contributed by atoms with van der Waals surface area (Å²) < 4.78 is 19.7. The molecule has 0 aromatic heterocycles. The van der Waals surface area contributed by atoms with Gasteiger partial charge in [-0.3, -0.25) is 4.90 Å². The number of nitrogens with zero attached hydrogens (tertiary/aromatic N) is 1. The van der Waals surface area contributed by atoms with Crippen LogP contribution >= 0.6 is 0 Å². The van der Waals surface area contributed by atoms with Crippen LogP contribution in [0.15, 0.2) is 42.5 Å². The van der Waals surface area contributed by atoms with Gasteiger partial charge in [0, 0.05) is 55.1 Å². The molecule has 196 valence electrons. The summed E-state index contributed by atoms with van der Waals surface area (Å²) in [7, 11) is 3.74. The van der Waals surface area contributed by atoms with E-state index in [1.807, 2.05) is 7.11 Å². The van der Waals surface area contributed by atoms with Gasteiger partial charge >= 0.3 is 0 Å². The van der Waals surface area contributed by atoms with Crippen LogP contribution < -0.4 is 14.8 Å². The normalized spacial score (nSPS) is 38.8. The van der Waals surface area contributed by atoms with E-state index in [9.17, 15) is 0 Å². The van der Waals surface area contributed by atoms with E-state index in [-0.39, 0.29) is 22.5 Å². The molecular formula is C32H40N2O3. The van der Waals surface area contributed by atoms with Crippen molar-refractivity contribution in [2.75, 3.05) is 33.9 Å². The molecule has 9 rings (SSSR count). The highest BCUT2D eigenvalue weighted by Crippen LogP contribution is 2.76. The molecule has 0 amide bonds. The Kier molecular flexibility index (Phi) is 4.92. The summed E-state index contributed by atoms with van der Waals surface area (Å²) in [5.74, 6) is 3.28. The van der Waals surface area contributed by atoms with Gasteiger partial charge in [0.25, 0.3) is 0 Å². The Morgan fingerprint density at radius 1 is 1.05 bits per heavy atom. The van der Waals surface area contributed by atoms with Crippen molar-refractivity contribution in [3.05, 3.63) is 59.2 Å². The van der Waals surface area contributed by atoms with Gasteiger partial charge in [-0.05, 0) is 74.6 Å². The standard InChI is InChI=1S/C32H40N2O3/c1-35-25-11-10-23-16-26-30-12-13-32(36-2,24(17-30)19-33-18-21-6-4-3-5-7-21)29-31(30,27(23)28(25)37-29)14-15-34(26)20-22-8-9-22/h3-7,10-11,22,24,26,29,33H,8-9,12-20H2,1-2H3/t24-,26+,29+,30+,31-,32+/m0/s1. The number of ether oxygens (including phenoxy) is 3. The molecular weight excluding hydrogens is 460 g/mol. The van der Waals surface area contributed by atoms with Gasteiger partial charge in [0.15, 0.2) is 11.5 Å². The van der Waals surface area contributed by atoms with E-state index in [2.05, 4.69) is 52.7 Å². The van der Waals surface area contributed by atoms with Crippen LogP contribution in [0.2, 0.25) is 0 Å². The van der Waals surface area contributed by atoms with E-state index in [0.717, 1.165) is 43.3 Å². The van der Waals surface area contributed by atoms with Crippen molar-refractivity contribution in [2.45, 2.75) is 74.7 Å². The second-order valence-electron chi connectivity index (χ2n) is 12.8. The summed E-state index contributed by atoms with van der Waals surface area (Å²) in [6.45, 7) is 4.35.